The van der Waals surface area contributed by atoms with Crippen LogP contribution in [0.2, 0.25) is 0 Å². The van der Waals surface area contributed by atoms with Crippen molar-refractivity contribution in [1.29, 1.82) is 0 Å². The molecule has 0 unspecified atom stereocenters. The summed E-state index contributed by atoms with van der Waals surface area (Å²) in [6.07, 6.45) is 1.04. The summed E-state index contributed by atoms with van der Waals surface area (Å²) in [5.74, 6) is -1.82. The van der Waals surface area contributed by atoms with Gasteiger partial charge in [-0.2, -0.15) is 0 Å². The molecule has 0 atom stereocenters. The van der Waals surface area contributed by atoms with Gasteiger partial charge in [0, 0.05) is 19.7 Å². The van der Waals surface area contributed by atoms with Crippen molar-refractivity contribution < 1.29 is 24.4 Å². The van der Waals surface area contributed by atoms with Crippen LogP contribution >= 0.6 is 0 Å². The van der Waals surface area contributed by atoms with Crippen LogP contribution in [-0.4, -0.2) is 58.6 Å². The van der Waals surface area contributed by atoms with E-state index in [4.69, 9.17) is 9.84 Å². The van der Waals surface area contributed by atoms with Crippen LogP contribution in [0.5, 0.6) is 0 Å². The van der Waals surface area contributed by atoms with Gasteiger partial charge in [0.25, 0.3) is 11.6 Å². The van der Waals surface area contributed by atoms with E-state index in [1.807, 2.05) is 0 Å². The van der Waals surface area contributed by atoms with Crippen LogP contribution < -0.4 is 0 Å². The molecule has 0 fully saturated rings. The number of amides is 1. The second kappa shape index (κ2) is 7.29. The van der Waals surface area contributed by atoms with Crippen molar-refractivity contribution in [2.45, 2.75) is 6.92 Å². The van der Waals surface area contributed by atoms with E-state index in [0.717, 1.165) is 17.2 Å². The third-order valence-corrected chi connectivity index (χ3v) is 2.69. The van der Waals surface area contributed by atoms with E-state index < -0.39 is 23.3 Å². The first-order chi connectivity index (χ1) is 9.86. The molecule has 9 heteroatoms. The van der Waals surface area contributed by atoms with E-state index in [1.165, 1.54) is 14.0 Å². The number of methoxy groups -OCH3 is 1. The fraction of sp³-hybridized carbons (Fsp3) is 0.417. The van der Waals surface area contributed by atoms with E-state index >= 15 is 0 Å². The van der Waals surface area contributed by atoms with Crippen LogP contribution in [0.25, 0.3) is 0 Å². The molecule has 0 saturated carbocycles. The summed E-state index contributed by atoms with van der Waals surface area (Å²) in [5, 5.41) is 19.6. The Morgan fingerprint density at radius 3 is 2.71 bits per heavy atom. The lowest BCUT2D eigenvalue weighted by molar-refractivity contribution is -0.385. The first-order valence-corrected chi connectivity index (χ1v) is 5.97. The highest BCUT2D eigenvalue weighted by Gasteiger charge is 2.22. The minimum absolute atomic E-state index is 0.00144. The lowest BCUT2D eigenvalue weighted by atomic mass is 10.1. The average Bonchev–Trinajstić information content (AvgIpc) is 2.42. The van der Waals surface area contributed by atoms with Crippen molar-refractivity contribution in [2.24, 2.45) is 0 Å². The molecule has 0 aliphatic rings. The van der Waals surface area contributed by atoms with Gasteiger partial charge in [0.15, 0.2) is 0 Å². The van der Waals surface area contributed by atoms with Crippen molar-refractivity contribution in [3.05, 3.63) is 33.6 Å². The number of pyridine rings is 1. The molecule has 0 bridgehead atoms. The van der Waals surface area contributed by atoms with Gasteiger partial charge in [0.05, 0.1) is 22.8 Å². The SMILES string of the molecule is COCCN(CC(=O)O)C(=O)c1cc([N+](=O)[O-])cnc1C. The van der Waals surface area contributed by atoms with Crippen molar-refractivity contribution >= 4 is 17.6 Å². The normalized spacial score (nSPS) is 10.2. The van der Waals surface area contributed by atoms with Gasteiger partial charge in [0.1, 0.15) is 12.7 Å². The molecular weight excluding hydrogens is 282 g/mol. The van der Waals surface area contributed by atoms with Gasteiger partial charge in [-0.15, -0.1) is 0 Å². The topological polar surface area (TPSA) is 123 Å². The Morgan fingerprint density at radius 2 is 2.19 bits per heavy atom. The lowest BCUT2D eigenvalue weighted by Gasteiger charge is -2.20. The second-order valence-corrected chi connectivity index (χ2v) is 4.20. The Bertz CT molecular complexity index is 560. The summed E-state index contributed by atoms with van der Waals surface area (Å²) < 4.78 is 4.82. The van der Waals surface area contributed by atoms with Crippen LogP contribution in [0, 0.1) is 17.0 Å². The number of hydrogen-bond acceptors (Lipinski definition) is 6. The molecule has 1 aromatic rings. The van der Waals surface area contributed by atoms with Gasteiger partial charge in [-0.3, -0.25) is 24.7 Å². The fourth-order valence-electron chi connectivity index (χ4n) is 1.63. The van der Waals surface area contributed by atoms with E-state index in [9.17, 15) is 19.7 Å². The number of carboxylic acids is 1. The highest BCUT2D eigenvalue weighted by Crippen LogP contribution is 2.16. The van der Waals surface area contributed by atoms with Crippen molar-refractivity contribution in [2.75, 3.05) is 26.8 Å². The standard InChI is InChI=1S/C12H15N3O6/c1-8-10(5-9(6-13-8)15(19)20)12(18)14(3-4-21-2)7-11(16)17/h5-6H,3-4,7H2,1-2H3,(H,16,17). The van der Waals surface area contributed by atoms with E-state index in [1.54, 1.807) is 0 Å². The Kier molecular flexibility index (Phi) is 5.73. The number of nitro groups is 1. The maximum absolute atomic E-state index is 12.3. The molecule has 0 aliphatic carbocycles. The number of aryl methyl sites for hydroxylation is 1. The molecule has 0 aromatic carbocycles. The number of aromatic nitrogens is 1. The number of nitrogens with zero attached hydrogens (tertiary/aromatic N) is 3. The smallest absolute Gasteiger partial charge is 0.323 e. The molecule has 1 rings (SSSR count). The molecule has 9 nitrogen and oxygen atoms in total. The molecule has 1 aromatic heterocycles. The Morgan fingerprint density at radius 1 is 1.52 bits per heavy atom. The summed E-state index contributed by atoms with van der Waals surface area (Å²) in [6.45, 7) is 1.21. The first-order valence-electron chi connectivity index (χ1n) is 5.97. The van der Waals surface area contributed by atoms with E-state index in [-0.39, 0.29) is 24.4 Å². The van der Waals surface area contributed by atoms with Gasteiger partial charge in [-0.25, -0.2) is 0 Å². The molecule has 0 aliphatic heterocycles. The van der Waals surface area contributed by atoms with Crippen molar-refractivity contribution in [1.82, 2.24) is 9.88 Å². The molecular formula is C12H15N3O6. The molecule has 21 heavy (non-hydrogen) atoms. The maximum atomic E-state index is 12.3. The van der Waals surface area contributed by atoms with Gasteiger partial charge in [-0.05, 0) is 6.92 Å². The van der Waals surface area contributed by atoms with Gasteiger partial charge < -0.3 is 14.7 Å². The van der Waals surface area contributed by atoms with E-state index in [2.05, 4.69) is 4.98 Å². The van der Waals surface area contributed by atoms with Crippen LogP contribution in [0.15, 0.2) is 12.3 Å². The summed E-state index contributed by atoms with van der Waals surface area (Å²) >= 11 is 0. The van der Waals surface area contributed by atoms with Gasteiger partial charge in [-0.1, -0.05) is 0 Å². The molecule has 1 heterocycles. The zero-order valence-electron chi connectivity index (χ0n) is 11.6. The summed E-state index contributed by atoms with van der Waals surface area (Å²) in [5.41, 5.74) is -0.0362. The first kappa shape index (κ1) is 16.5. The highest BCUT2D eigenvalue weighted by atomic mass is 16.6. The summed E-state index contributed by atoms with van der Waals surface area (Å²) in [6, 6.07) is 1.09. The van der Waals surface area contributed by atoms with Gasteiger partial charge >= 0.3 is 5.97 Å². The van der Waals surface area contributed by atoms with Crippen molar-refractivity contribution in [3.8, 4) is 0 Å². The highest BCUT2D eigenvalue weighted by molar-refractivity contribution is 5.97. The molecule has 1 N–H and O–H groups in total. The Balaban J connectivity index is 3.09. The van der Waals surface area contributed by atoms with Crippen molar-refractivity contribution in [3.63, 3.8) is 0 Å². The van der Waals surface area contributed by atoms with Gasteiger partial charge in [0.2, 0.25) is 0 Å². The molecule has 0 radical (unpaired) electrons. The Hall–Kier alpha value is -2.55. The molecule has 114 valence electrons. The number of aliphatic carboxylic acids is 1. The zero-order valence-corrected chi connectivity index (χ0v) is 11.6. The van der Waals surface area contributed by atoms with Crippen LogP contribution in [0.3, 0.4) is 0 Å². The Labute approximate surface area is 120 Å². The number of rotatable bonds is 7. The predicted molar refractivity (Wildman–Crippen MR) is 71.0 cm³/mol. The number of carbonyl (C=O) groups excluding carboxylic acids is 1. The predicted octanol–water partition coefficient (Wildman–Crippen LogP) is 0.471. The third kappa shape index (κ3) is 4.49. The summed E-state index contributed by atoms with van der Waals surface area (Å²) in [7, 11) is 1.42. The lowest BCUT2D eigenvalue weighted by Crippen LogP contribution is -2.38. The largest absolute Gasteiger partial charge is 0.480 e. The number of carbonyl (C=O) groups is 2. The number of ether oxygens (including phenoxy) is 1. The van der Waals surface area contributed by atoms with Crippen LogP contribution in [0.4, 0.5) is 5.69 Å². The third-order valence-electron chi connectivity index (χ3n) is 2.69. The van der Waals surface area contributed by atoms with E-state index in [0.29, 0.717) is 5.69 Å². The second-order valence-electron chi connectivity index (χ2n) is 4.20. The minimum atomic E-state index is -1.18. The summed E-state index contributed by atoms with van der Waals surface area (Å²) in [4.78, 5) is 38.0. The maximum Gasteiger partial charge on any atom is 0.323 e. The fourth-order valence-corrected chi connectivity index (χ4v) is 1.63. The number of carboxylic acid groups (broad SMARTS) is 1. The molecule has 0 saturated heterocycles. The number of hydrogen-bond donors (Lipinski definition) is 1. The molecule has 1 amide bonds. The molecule has 0 spiro atoms. The zero-order chi connectivity index (χ0) is 16.0. The monoisotopic (exact) mass is 297 g/mol. The average molecular weight is 297 g/mol. The quantitative estimate of drug-likeness (QED) is 0.573. The minimum Gasteiger partial charge on any atom is -0.480 e. The van der Waals surface area contributed by atoms with Crippen LogP contribution in [-0.2, 0) is 9.53 Å². The van der Waals surface area contributed by atoms with Crippen LogP contribution in [0.1, 0.15) is 16.1 Å².